The van der Waals surface area contributed by atoms with E-state index in [1.54, 1.807) is 0 Å². The van der Waals surface area contributed by atoms with Gasteiger partial charge in [0.25, 0.3) is 0 Å². The third-order valence-corrected chi connectivity index (χ3v) is 8.32. The van der Waals surface area contributed by atoms with Crippen LogP contribution >= 0.6 is 0 Å². The summed E-state index contributed by atoms with van der Waals surface area (Å²) in [6.07, 6.45) is 3.78. The SMILES string of the molecule is CCc1cccc(-n2ncc3ccc(-c4cccc([C@@H](N[S@](=O)C(C)(C)C)C5CC(O)C5)n4)cc32)n1. The van der Waals surface area contributed by atoms with Crippen LogP contribution in [0.5, 0.6) is 0 Å². The summed E-state index contributed by atoms with van der Waals surface area (Å²) in [6.45, 7) is 7.95. The highest BCUT2D eigenvalue weighted by molar-refractivity contribution is 7.84. The van der Waals surface area contributed by atoms with Gasteiger partial charge in [0.05, 0.1) is 51.0 Å². The standard InChI is InChI=1S/C28H33N5O2S/c1-5-21-8-6-11-26(30-21)33-25-16-18(12-13-19(25)17-29-33)23-9-7-10-24(31-23)27(20-14-22(34)15-20)32-36(35)28(2,3)4/h6-13,16-17,20,22,27,32,34H,5,14-15H2,1-4H3/t20?,22?,27-,36+/m0/s1. The second-order valence-corrected chi connectivity index (χ2v) is 12.5. The third-order valence-electron chi connectivity index (χ3n) is 6.74. The minimum absolute atomic E-state index is 0.190. The monoisotopic (exact) mass is 503 g/mol. The molecular formula is C28H33N5O2S. The van der Waals surface area contributed by atoms with Crippen LogP contribution < -0.4 is 4.72 Å². The fraction of sp³-hybridized carbons (Fsp3) is 0.393. The Morgan fingerprint density at radius 1 is 1.11 bits per heavy atom. The summed E-state index contributed by atoms with van der Waals surface area (Å²) < 4.78 is 17.7. The molecule has 3 aromatic heterocycles. The Balaban J connectivity index is 1.51. The number of hydrogen-bond acceptors (Lipinski definition) is 5. The third kappa shape index (κ3) is 4.98. The van der Waals surface area contributed by atoms with Gasteiger partial charge in [-0.2, -0.15) is 5.10 Å². The summed E-state index contributed by atoms with van der Waals surface area (Å²) in [5.41, 5.74) is 4.64. The van der Waals surface area contributed by atoms with E-state index in [2.05, 4.69) is 34.9 Å². The molecule has 0 bridgehead atoms. The van der Waals surface area contributed by atoms with Crippen molar-refractivity contribution in [2.45, 2.75) is 63.9 Å². The van der Waals surface area contributed by atoms with E-state index in [1.165, 1.54) is 0 Å². The zero-order chi connectivity index (χ0) is 25.4. The molecule has 2 N–H and O–H groups in total. The minimum Gasteiger partial charge on any atom is -0.393 e. The van der Waals surface area contributed by atoms with Crippen molar-refractivity contribution in [3.63, 3.8) is 0 Å². The van der Waals surface area contributed by atoms with Gasteiger partial charge in [0, 0.05) is 16.6 Å². The molecule has 1 aliphatic rings. The maximum Gasteiger partial charge on any atom is 0.154 e. The Morgan fingerprint density at radius 3 is 2.61 bits per heavy atom. The van der Waals surface area contributed by atoms with Gasteiger partial charge in [0.2, 0.25) is 0 Å². The van der Waals surface area contributed by atoms with E-state index in [0.29, 0.717) is 12.8 Å². The van der Waals surface area contributed by atoms with E-state index in [1.807, 2.05) is 68.0 Å². The van der Waals surface area contributed by atoms with Gasteiger partial charge in [-0.15, -0.1) is 0 Å². The highest BCUT2D eigenvalue weighted by Crippen LogP contribution is 2.39. The smallest absolute Gasteiger partial charge is 0.154 e. The molecule has 2 atom stereocenters. The largest absolute Gasteiger partial charge is 0.393 e. The number of nitrogens with zero attached hydrogens (tertiary/aromatic N) is 4. The Kier molecular flexibility index (Phi) is 6.76. The first-order valence-electron chi connectivity index (χ1n) is 12.5. The topological polar surface area (TPSA) is 92.9 Å². The summed E-state index contributed by atoms with van der Waals surface area (Å²) in [7, 11) is -1.25. The minimum atomic E-state index is -1.25. The maximum atomic E-state index is 13.0. The van der Waals surface area contributed by atoms with Gasteiger partial charge < -0.3 is 5.11 Å². The molecule has 36 heavy (non-hydrogen) atoms. The van der Waals surface area contributed by atoms with Crippen LogP contribution in [0.15, 0.2) is 60.8 Å². The first-order valence-corrected chi connectivity index (χ1v) is 13.7. The number of rotatable bonds is 7. The van der Waals surface area contributed by atoms with Crippen LogP contribution in [0.3, 0.4) is 0 Å². The van der Waals surface area contributed by atoms with Crippen LogP contribution in [0.25, 0.3) is 28.0 Å². The number of aryl methyl sites for hydroxylation is 1. The number of hydrogen-bond donors (Lipinski definition) is 2. The zero-order valence-corrected chi connectivity index (χ0v) is 22.0. The number of pyridine rings is 2. The van der Waals surface area contributed by atoms with Crippen molar-refractivity contribution in [1.82, 2.24) is 24.5 Å². The van der Waals surface area contributed by atoms with Gasteiger partial charge >= 0.3 is 0 Å². The van der Waals surface area contributed by atoms with Crippen LogP contribution in [-0.4, -0.2) is 39.9 Å². The molecular weight excluding hydrogens is 470 g/mol. The summed E-state index contributed by atoms with van der Waals surface area (Å²) in [4.78, 5) is 9.74. The van der Waals surface area contributed by atoms with Crippen molar-refractivity contribution in [3.05, 3.63) is 72.2 Å². The maximum absolute atomic E-state index is 13.0. The number of aliphatic hydroxyl groups excluding tert-OH is 1. The van der Waals surface area contributed by atoms with E-state index >= 15 is 0 Å². The Hall–Kier alpha value is -2.94. The predicted octanol–water partition coefficient (Wildman–Crippen LogP) is 4.91. The lowest BCUT2D eigenvalue weighted by atomic mass is 9.76. The first-order chi connectivity index (χ1) is 17.2. The molecule has 1 aliphatic carbocycles. The van der Waals surface area contributed by atoms with Crippen molar-refractivity contribution in [3.8, 4) is 17.1 Å². The van der Waals surface area contributed by atoms with Gasteiger partial charge in [-0.25, -0.2) is 18.6 Å². The second kappa shape index (κ2) is 9.84. The summed E-state index contributed by atoms with van der Waals surface area (Å²) in [5.74, 6) is 0.982. The lowest BCUT2D eigenvalue weighted by Crippen LogP contribution is -2.43. The number of fused-ring (bicyclic) bond motifs is 1. The van der Waals surface area contributed by atoms with Crippen molar-refractivity contribution in [1.29, 1.82) is 0 Å². The zero-order valence-electron chi connectivity index (χ0n) is 21.2. The average molecular weight is 504 g/mol. The van der Waals surface area contributed by atoms with E-state index in [0.717, 1.165) is 45.8 Å². The number of aliphatic hydroxyl groups is 1. The highest BCUT2D eigenvalue weighted by Gasteiger charge is 2.37. The molecule has 4 aromatic rings. The van der Waals surface area contributed by atoms with Crippen molar-refractivity contribution in [2.24, 2.45) is 5.92 Å². The van der Waals surface area contributed by atoms with Crippen LogP contribution in [0.4, 0.5) is 0 Å². The molecule has 7 nitrogen and oxygen atoms in total. The van der Waals surface area contributed by atoms with Gasteiger partial charge in [-0.3, -0.25) is 4.98 Å². The van der Waals surface area contributed by atoms with Crippen molar-refractivity contribution < 1.29 is 9.32 Å². The molecule has 1 aromatic carbocycles. The molecule has 0 amide bonds. The number of nitrogens with one attached hydrogen (secondary N) is 1. The molecule has 3 heterocycles. The molecule has 8 heteroatoms. The summed E-state index contributed by atoms with van der Waals surface area (Å²) in [6, 6.07) is 18.0. The summed E-state index contributed by atoms with van der Waals surface area (Å²) in [5, 5.41) is 15.6. The Bertz CT molecular complexity index is 1400. The lowest BCUT2D eigenvalue weighted by molar-refractivity contribution is 0.0275. The molecule has 0 saturated heterocycles. The predicted molar refractivity (Wildman–Crippen MR) is 144 cm³/mol. The second-order valence-electron chi connectivity index (χ2n) is 10.5. The Morgan fingerprint density at radius 2 is 1.89 bits per heavy atom. The van der Waals surface area contributed by atoms with E-state index in [9.17, 15) is 9.32 Å². The van der Waals surface area contributed by atoms with Crippen LogP contribution in [0.1, 0.15) is 58.0 Å². The normalized spacial score (nSPS) is 19.7. The number of benzene rings is 1. The van der Waals surface area contributed by atoms with Gasteiger partial charge in [0.15, 0.2) is 5.82 Å². The molecule has 0 spiro atoms. The van der Waals surface area contributed by atoms with Crippen molar-refractivity contribution >= 4 is 21.9 Å². The lowest BCUT2D eigenvalue weighted by Gasteiger charge is -2.38. The molecule has 0 unspecified atom stereocenters. The molecule has 188 valence electrons. The summed E-state index contributed by atoms with van der Waals surface area (Å²) >= 11 is 0. The van der Waals surface area contributed by atoms with Crippen LogP contribution in [-0.2, 0) is 17.4 Å². The van der Waals surface area contributed by atoms with Gasteiger partial charge in [0.1, 0.15) is 0 Å². The average Bonchev–Trinajstić information content (AvgIpc) is 3.28. The highest BCUT2D eigenvalue weighted by atomic mass is 32.2. The van der Waals surface area contributed by atoms with Crippen molar-refractivity contribution in [2.75, 3.05) is 0 Å². The fourth-order valence-corrected chi connectivity index (χ4v) is 5.42. The first kappa shape index (κ1) is 24.7. The quantitative estimate of drug-likeness (QED) is 0.374. The Labute approximate surface area is 214 Å². The van der Waals surface area contributed by atoms with Crippen LogP contribution in [0.2, 0.25) is 0 Å². The van der Waals surface area contributed by atoms with E-state index < -0.39 is 15.7 Å². The number of aromatic nitrogens is 4. The molecule has 0 radical (unpaired) electrons. The molecule has 1 fully saturated rings. The molecule has 0 aliphatic heterocycles. The molecule has 5 rings (SSSR count). The van der Waals surface area contributed by atoms with Crippen LogP contribution in [0, 0.1) is 5.92 Å². The van der Waals surface area contributed by atoms with Gasteiger partial charge in [-0.05, 0) is 76.3 Å². The molecule has 1 saturated carbocycles. The van der Waals surface area contributed by atoms with Gasteiger partial charge in [-0.1, -0.05) is 31.2 Å². The fourth-order valence-electron chi connectivity index (χ4n) is 4.52. The van der Waals surface area contributed by atoms with E-state index in [4.69, 9.17) is 9.97 Å². The van der Waals surface area contributed by atoms with E-state index in [-0.39, 0.29) is 18.1 Å².